The lowest BCUT2D eigenvalue weighted by molar-refractivity contribution is 0.299. The van der Waals surface area contributed by atoms with Crippen LogP contribution < -0.4 is 4.74 Å². The summed E-state index contributed by atoms with van der Waals surface area (Å²) in [6, 6.07) is 8.04. The smallest absolute Gasteiger partial charge is 0.119 e. The molecule has 0 saturated carbocycles. The lowest BCUT2D eigenvalue weighted by Crippen LogP contribution is -2.13. The molecule has 94 valence electrons. The van der Waals surface area contributed by atoms with Gasteiger partial charge in [0.1, 0.15) is 5.75 Å². The number of benzene rings is 1. The minimum Gasteiger partial charge on any atom is -0.494 e. The molecule has 0 aliphatic rings. The van der Waals surface area contributed by atoms with Crippen molar-refractivity contribution in [2.45, 2.75) is 19.3 Å². The van der Waals surface area contributed by atoms with E-state index in [2.05, 4.69) is 25.6 Å². The molecule has 1 aromatic carbocycles. The Morgan fingerprint density at radius 3 is 2.76 bits per heavy atom. The van der Waals surface area contributed by atoms with E-state index in [1.54, 1.807) is 0 Å². The molecular formula is C15H23NO. The van der Waals surface area contributed by atoms with Gasteiger partial charge < -0.3 is 9.64 Å². The van der Waals surface area contributed by atoms with Crippen LogP contribution in [0.4, 0.5) is 0 Å². The summed E-state index contributed by atoms with van der Waals surface area (Å²) in [6.07, 6.45) is 5.42. The molecule has 0 bridgehead atoms. The summed E-state index contributed by atoms with van der Waals surface area (Å²) in [5.74, 6) is 0.940. The SMILES string of the molecule is C=Cc1cccc(OCCCCCN(C)C)c1. The second-order valence-corrected chi connectivity index (χ2v) is 4.49. The van der Waals surface area contributed by atoms with Crippen molar-refractivity contribution in [2.24, 2.45) is 0 Å². The van der Waals surface area contributed by atoms with Gasteiger partial charge in [-0.1, -0.05) is 24.8 Å². The van der Waals surface area contributed by atoms with E-state index in [1.807, 2.05) is 30.3 Å². The van der Waals surface area contributed by atoms with E-state index in [-0.39, 0.29) is 0 Å². The highest BCUT2D eigenvalue weighted by Crippen LogP contribution is 2.14. The molecule has 0 spiro atoms. The summed E-state index contributed by atoms with van der Waals surface area (Å²) in [7, 11) is 4.22. The van der Waals surface area contributed by atoms with Crippen molar-refractivity contribution in [2.75, 3.05) is 27.2 Å². The van der Waals surface area contributed by atoms with Crippen molar-refractivity contribution in [3.8, 4) is 5.75 Å². The molecule has 0 saturated heterocycles. The van der Waals surface area contributed by atoms with E-state index in [1.165, 1.54) is 12.8 Å². The zero-order valence-electron chi connectivity index (χ0n) is 11.0. The summed E-state index contributed by atoms with van der Waals surface area (Å²) >= 11 is 0. The van der Waals surface area contributed by atoms with Crippen LogP contribution >= 0.6 is 0 Å². The largest absolute Gasteiger partial charge is 0.494 e. The Kier molecular flexibility index (Phi) is 6.41. The highest BCUT2D eigenvalue weighted by molar-refractivity contribution is 5.49. The van der Waals surface area contributed by atoms with Crippen molar-refractivity contribution in [1.29, 1.82) is 0 Å². The third-order valence-corrected chi connectivity index (χ3v) is 2.61. The van der Waals surface area contributed by atoms with Gasteiger partial charge in [-0.05, 0) is 57.6 Å². The van der Waals surface area contributed by atoms with Crippen molar-refractivity contribution in [3.05, 3.63) is 36.4 Å². The zero-order chi connectivity index (χ0) is 12.5. The maximum absolute atomic E-state index is 5.69. The maximum atomic E-state index is 5.69. The summed E-state index contributed by atoms with van der Waals surface area (Å²) < 4.78 is 5.69. The lowest BCUT2D eigenvalue weighted by Gasteiger charge is -2.09. The van der Waals surface area contributed by atoms with E-state index in [4.69, 9.17) is 4.74 Å². The first-order chi connectivity index (χ1) is 8.22. The summed E-state index contributed by atoms with van der Waals surface area (Å²) in [5, 5.41) is 0. The molecule has 0 unspecified atom stereocenters. The maximum Gasteiger partial charge on any atom is 0.119 e. The molecule has 2 heteroatoms. The fourth-order valence-electron chi connectivity index (χ4n) is 1.63. The van der Waals surface area contributed by atoms with Gasteiger partial charge >= 0.3 is 0 Å². The number of unbranched alkanes of at least 4 members (excludes halogenated alkanes) is 2. The van der Waals surface area contributed by atoms with Crippen LogP contribution in [0.1, 0.15) is 24.8 Å². The fraction of sp³-hybridized carbons (Fsp3) is 0.467. The average molecular weight is 233 g/mol. The van der Waals surface area contributed by atoms with E-state index in [0.29, 0.717) is 0 Å². The Balaban J connectivity index is 2.15. The number of hydrogen-bond donors (Lipinski definition) is 0. The fourth-order valence-corrected chi connectivity index (χ4v) is 1.63. The van der Waals surface area contributed by atoms with Crippen molar-refractivity contribution >= 4 is 6.08 Å². The quantitative estimate of drug-likeness (QED) is 0.638. The van der Waals surface area contributed by atoms with Gasteiger partial charge in [-0.2, -0.15) is 0 Å². The summed E-state index contributed by atoms with van der Waals surface area (Å²) in [5.41, 5.74) is 1.11. The predicted octanol–water partition coefficient (Wildman–Crippen LogP) is 3.44. The molecule has 0 heterocycles. The molecule has 0 amide bonds. The van der Waals surface area contributed by atoms with E-state index in [9.17, 15) is 0 Å². The molecule has 0 aliphatic heterocycles. The van der Waals surface area contributed by atoms with Gasteiger partial charge in [0, 0.05) is 0 Å². The molecular weight excluding hydrogens is 210 g/mol. The standard InChI is InChI=1S/C15H23NO/c1-4-14-9-8-10-15(13-14)17-12-7-5-6-11-16(2)3/h4,8-10,13H,1,5-7,11-12H2,2-3H3. The Bertz CT molecular complexity index is 333. The Morgan fingerprint density at radius 1 is 1.24 bits per heavy atom. The normalized spacial score (nSPS) is 10.5. The van der Waals surface area contributed by atoms with E-state index >= 15 is 0 Å². The molecule has 0 aromatic heterocycles. The third-order valence-electron chi connectivity index (χ3n) is 2.61. The van der Waals surface area contributed by atoms with Gasteiger partial charge in [0.15, 0.2) is 0 Å². The van der Waals surface area contributed by atoms with Gasteiger partial charge in [0.05, 0.1) is 6.61 Å². The monoisotopic (exact) mass is 233 g/mol. The summed E-state index contributed by atoms with van der Waals surface area (Å²) in [6.45, 7) is 5.71. The van der Waals surface area contributed by atoms with E-state index < -0.39 is 0 Å². The first kappa shape index (κ1) is 13.8. The molecule has 17 heavy (non-hydrogen) atoms. The van der Waals surface area contributed by atoms with Crippen LogP contribution in [-0.4, -0.2) is 32.1 Å². The van der Waals surface area contributed by atoms with Gasteiger partial charge in [0.25, 0.3) is 0 Å². The number of nitrogens with zero attached hydrogens (tertiary/aromatic N) is 1. The number of rotatable bonds is 8. The van der Waals surface area contributed by atoms with Gasteiger partial charge in [0.2, 0.25) is 0 Å². The Morgan fingerprint density at radius 2 is 2.06 bits per heavy atom. The lowest BCUT2D eigenvalue weighted by atomic mass is 10.2. The second kappa shape index (κ2) is 7.91. The highest BCUT2D eigenvalue weighted by Gasteiger charge is 1.95. The van der Waals surface area contributed by atoms with Crippen LogP contribution in [0, 0.1) is 0 Å². The number of ether oxygens (including phenoxy) is 1. The molecule has 0 aliphatic carbocycles. The minimum atomic E-state index is 0.800. The minimum absolute atomic E-state index is 0.800. The number of hydrogen-bond acceptors (Lipinski definition) is 2. The molecule has 0 fully saturated rings. The van der Waals surface area contributed by atoms with Crippen LogP contribution in [-0.2, 0) is 0 Å². The van der Waals surface area contributed by atoms with Crippen molar-refractivity contribution < 1.29 is 4.74 Å². The first-order valence-electron chi connectivity index (χ1n) is 6.22. The highest BCUT2D eigenvalue weighted by atomic mass is 16.5. The van der Waals surface area contributed by atoms with Gasteiger partial charge in [-0.15, -0.1) is 0 Å². The van der Waals surface area contributed by atoms with E-state index in [0.717, 1.165) is 30.9 Å². The molecule has 1 rings (SSSR count). The van der Waals surface area contributed by atoms with Gasteiger partial charge in [-0.3, -0.25) is 0 Å². The summed E-state index contributed by atoms with van der Waals surface area (Å²) in [4.78, 5) is 2.22. The van der Waals surface area contributed by atoms with Crippen molar-refractivity contribution in [3.63, 3.8) is 0 Å². The molecule has 0 N–H and O–H groups in total. The van der Waals surface area contributed by atoms with Crippen LogP contribution in [0.25, 0.3) is 6.08 Å². The molecule has 1 aromatic rings. The van der Waals surface area contributed by atoms with Crippen LogP contribution in [0.3, 0.4) is 0 Å². The zero-order valence-corrected chi connectivity index (χ0v) is 11.0. The topological polar surface area (TPSA) is 12.5 Å². The molecule has 2 nitrogen and oxygen atoms in total. The Labute approximate surface area is 105 Å². The van der Waals surface area contributed by atoms with Crippen molar-refractivity contribution in [1.82, 2.24) is 4.90 Å². The molecule has 0 atom stereocenters. The average Bonchev–Trinajstić information content (AvgIpc) is 2.33. The third kappa shape index (κ3) is 6.12. The van der Waals surface area contributed by atoms with Crippen LogP contribution in [0.2, 0.25) is 0 Å². The second-order valence-electron chi connectivity index (χ2n) is 4.49. The van der Waals surface area contributed by atoms with Gasteiger partial charge in [-0.25, -0.2) is 0 Å². The first-order valence-corrected chi connectivity index (χ1v) is 6.22. The molecule has 0 radical (unpaired) electrons. The Hall–Kier alpha value is -1.28. The van der Waals surface area contributed by atoms with Crippen LogP contribution in [0.15, 0.2) is 30.8 Å². The predicted molar refractivity (Wildman–Crippen MR) is 74.4 cm³/mol. The van der Waals surface area contributed by atoms with Crippen LogP contribution in [0.5, 0.6) is 5.75 Å².